The van der Waals surface area contributed by atoms with E-state index >= 15 is 0 Å². The summed E-state index contributed by atoms with van der Waals surface area (Å²) in [6.45, 7) is 29.1. The van der Waals surface area contributed by atoms with Crippen LogP contribution in [0.2, 0.25) is 36.3 Å². The molecule has 0 aliphatic rings. The molecule has 0 amide bonds. The highest BCUT2D eigenvalue weighted by molar-refractivity contribution is 6.87. The van der Waals surface area contributed by atoms with Crippen LogP contribution < -0.4 is 0 Å². The predicted octanol–water partition coefficient (Wildman–Crippen LogP) is 11.2. The minimum Gasteiger partial charge on any atom is -0.455 e. The summed E-state index contributed by atoms with van der Waals surface area (Å²) in [5.41, 5.74) is 0. The van der Waals surface area contributed by atoms with Crippen LogP contribution in [0.5, 0.6) is 0 Å². The lowest BCUT2D eigenvalue weighted by atomic mass is 10.2. The van der Waals surface area contributed by atoms with Crippen LogP contribution in [0, 0.1) is 35.5 Å². The Kier molecular flexibility index (Phi) is 17.2. The van der Waals surface area contributed by atoms with Crippen molar-refractivity contribution in [1.82, 2.24) is 0 Å². The maximum atomic E-state index is 8.01. The van der Waals surface area contributed by atoms with Crippen molar-refractivity contribution in [2.45, 2.75) is 158 Å². The summed E-state index contributed by atoms with van der Waals surface area (Å²) in [5, 5.41) is 0. The summed E-state index contributed by atoms with van der Waals surface area (Å²) in [6.07, 6.45) is 8.20. The molecule has 0 aromatic heterocycles. The van der Waals surface area contributed by atoms with Crippen LogP contribution in [0.4, 0.5) is 0 Å². The lowest BCUT2D eigenvalue weighted by Gasteiger charge is -2.45. The summed E-state index contributed by atoms with van der Waals surface area (Å²) in [4.78, 5) is 0. The first kappa shape index (κ1) is 33.4. The van der Waals surface area contributed by atoms with Crippen LogP contribution in [-0.4, -0.2) is 16.6 Å². The molecule has 1 nitrogen and oxygen atoms in total. The second-order valence-corrected chi connectivity index (χ2v) is 22.6. The van der Waals surface area contributed by atoms with Crippen LogP contribution in [0.1, 0.15) is 122 Å². The first-order chi connectivity index (χ1) is 15.2. The average Bonchev–Trinajstić information content (AvgIpc) is 2.69. The highest BCUT2D eigenvalue weighted by Crippen LogP contribution is 2.41. The maximum Gasteiger partial charge on any atom is 0.179 e. The normalized spacial score (nSPS) is 13.6. The van der Waals surface area contributed by atoms with Gasteiger partial charge in [-0.3, -0.25) is 0 Å². The quantitative estimate of drug-likeness (QED) is 0.152. The summed E-state index contributed by atoms with van der Waals surface area (Å²) < 4.78 is 8.01. The SMILES string of the molecule is CC(C)CC[Si](CCC(C)C)(CCC(C)C)O[Si](CCC(C)C)(CCC(C)C)CCC(C)C. The number of rotatable bonds is 20. The Hall–Kier alpha value is 0.394. The second-order valence-electron chi connectivity index (χ2n) is 14.1. The van der Waals surface area contributed by atoms with Gasteiger partial charge in [-0.1, -0.05) is 122 Å². The smallest absolute Gasteiger partial charge is 0.179 e. The first-order valence-corrected chi connectivity index (χ1v) is 20.0. The highest BCUT2D eigenvalue weighted by atomic mass is 28.4. The molecular formula is C30H66OSi2. The van der Waals surface area contributed by atoms with E-state index in [4.69, 9.17) is 4.12 Å². The minimum atomic E-state index is -1.77. The van der Waals surface area contributed by atoms with Crippen molar-refractivity contribution in [3.8, 4) is 0 Å². The van der Waals surface area contributed by atoms with Crippen molar-refractivity contribution in [2.24, 2.45) is 35.5 Å². The van der Waals surface area contributed by atoms with Gasteiger partial charge in [0.1, 0.15) is 0 Å². The third kappa shape index (κ3) is 16.7. The fraction of sp³-hybridized carbons (Fsp3) is 1.00. The van der Waals surface area contributed by atoms with Gasteiger partial charge in [-0.15, -0.1) is 0 Å². The third-order valence-electron chi connectivity index (χ3n) is 7.50. The lowest BCUT2D eigenvalue weighted by Crippen LogP contribution is -2.52. The monoisotopic (exact) mass is 498 g/mol. The van der Waals surface area contributed by atoms with Crippen LogP contribution >= 0.6 is 0 Å². The van der Waals surface area contributed by atoms with E-state index in [0.717, 1.165) is 35.5 Å². The van der Waals surface area contributed by atoms with E-state index in [1.165, 1.54) is 74.8 Å². The van der Waals surface area contributed by atoms with Crippen molar-refractivity contribution in [3.05, 3.63) is 0 Å². The molecule has 0 saturated heterocycles. The summed E-state index contributed by atoms with van der Waals surface area (Å²) in [6, 6.07) is 8.44. The van der Waals surface area contributed by atoms with E-state index in [1.807, 2.05) is 0 Å². The molecule has 0 saturated carbocycles. The Morgan fingerprint density at radius 1 is 0.333 bits per heavy atom. The number of hydrogen-bond acceptors (Lipinski definition) is 1. The molecule has 0 heterocycles. The molecule has 0 fully saturated rings. The average molecular weight is 499 g/mol. The van der Waals surface area contributed by atoms with Gasteiger partial charge in [-0.2, -0.15) is 0 Å². The molecule has 0 unspecified atom stereocenters. The third-order valence-corrected chi connectivity index (χ3v) is 18.2. The zero-order valence-electron chi connectivity index (χ0n) is 25.4. The van der Waals surface area contributed by atoms with Gasteiger partial charge in [0.05, 0.1) is 0 Å². The minimum absolute atomic E-state index is 0.789. The van der Waals surface area contributed by atoms with Crippen LogP contribution in [0.3, 0.4) is 0 Å². The van der Waals surface area contributed by atoms with Crippen LogP contribution in [0.15, 0.2) is 0 Å². The molecule has 0 aliphatic carbocycles. The van der Waals surface area contributed by atoms with Crippen molar-refractivity contribution in [1.29, 1.82) is 0 Å². The molecule has 33 heavy (non-hydrogen) atoms. The fourth-order valence-corrected chi connectivity index (χ4v) is 19.1. The fourth-order valence-electron chi connectivity index (χ4n) is 4.83. The Morgan fingerprint density at radius 3 is 0.606 bits per heavy atom. The molecule has 3 heteroatoms. The molecule has 0 rings (SSSR count). The Bertz CT molecular complexity index is 363. The van der Waals surface area contributed by atoms with E-state index in [2.05, 4.69) is 83.1 Å². The number of hydrogen-bond donors (Lipinski definition) is 0. The molecular weight excluding hydrogens is 433 g/mol. The Balaban J connectivity index is 6.25. The first-order valence-electron chi connectivity index (χ1n) is 14.9. The van der Waals surface area contributed by atoms with Gasteiger partial charge in [0.25, 0.3) is 0 Å². The largest absolute Gasteiger partial charge is 0.455 e. The molecule has 0 atom stereocenters. The van der Waals surface area contributed by atoms with Crippen LogP contribution in [0.25, 0.3) is 0 Å². The standard InChI is InChI=1S/C30H66OSi2/c1-25(2)13-19-32(20-14-26(3)4,21-15-27(5)6)31-33(22-16-28(7)8,23-17-29(9)10)24-18-30(11)12/h25-30H,13-24H2,1-12H3. The van der Waals surface area contributed by atoms with E-state index in [9.17, 15) is 0 Å². The van der Waals surface area contributed by atoms with Crippen molar-refractivity contribution < 1.29 is 4.12 Å². The predicted molar refractivity (Wildman–Crippen MR) is 158 cm³/mol. The zero-order chi connectivity index (χ0) is 25.7. The van der Waals surface area contributed by atoms with Gasteiger partial charge in [0.2, 0.25) is 0 Å². The summed E-state index contributed by atoms with van der Waals surface area (Å²) in [7, 11) is -3.55. The van der Waals surface area contributed by atoms with Gasteiger partial charge >= 0.3 is 0 Å². The molecule has 0 aliphatic heterocycles. The highest BCUT2D eigenvalue weighted by Gasteiger charge is 2.44. The molecule has 0 spiro atoms. The van der Waals surface area contributed by atoms with Crippen molar-refractivity contribution in [2.75, 3.05) is 0 Å². The van der Waals surface area contributed by atoms with E-state index in [0.29, 0.717) is 0 Å². The van der Waals surface area contributed by atoms with Gasteiger partial charge in [-0.25, -0.2) is 0 Å². The van der Waals surface area contributed by atoms with Crippen molar-refractivity contribution >= 4 is 16.6 Å². The molecule has 200 valence electrons. The zero-order valence-corrected chi connectivity index (χ0v) is 27.4. The lowest BCUT2D eigenvalue weighted by molar-refractivity contribution is 0.437. The topological polar surface area (TPSA) is 9.23 Å². The molecule has 0 aromatic carbocycles. The molecule has 0 bridgehead atoms. The van der Waals surface area contributed by atoms with Gasteiger partial charge in [-0.05, 0) is 71.8 Å². The molecule has 0 radical (unpaired) electrons. The summed E-state index contributed by atoms with van der Waals surface area (Å²) >= 11 is 0. The molecule has 0 N–H and O–H groups in total. The van der Waals surface area contributed by atoms with Gasteiger partial charge in [0, 0.05) is 0 Å². The van der Waals surface area contributed by atoms with Gasteiger partial charge in [0.15, 0.2) is 16.6 Å². The van der Waals surface area contributed by atoms with E-state index < -0.39 is 16.6 Å². The summed E-state index contributed by atoms with van der Waals surface area (Å²) in [5.74, 6) is 4.73. The van der Waals surface area contributed by atoms with Gasteiger partial charge < -0.3 is 4.12 Å². The van der Waals surface area contributed by atoms with E-state index in [-0.39, 0.29) is 0 Å². The Morgan fingerprint density at radius 2 is 0.485 bits per heavy atom. The Labute approximate surface area is 213 Å². The van der Waals surface area contributed by atoms with E-state index in [1.54, 1.807) is 0 Å². The second kappa shape index (κ2) is 17.0. The molecule has 0 aromatic rings. The van der Waals surface area contributed by atoms with Crippen LogP contribution in [-0.2, 0) is 4.12 Å². The van der Waals surface area contributed by atoms with Crippen molar-refractivity contribution in [3.63, 3.8) is 0 Å². The maximum absolute atomic E-state index is 8.01.